The van der Waals surface area contributed by atoms with Crippen LogP contribution in [-0.4, -0.2) is 33.9 Å². The molecule has 4 aromatic rings. The summed E-state index contributed by atoms with van der Waals surface area (Å²) in [6.07, 6.45) is 10.1. The zero-order chi connectivity index (χ0) is 24.1. The molecule has 5 rings (SSSR count). The number of furan rings is 1. The molecule has 0 bridgehead atoms. The molecule has 9 heteroatoms. The third-order valence-electron chi connectivity index (χ3n) is 5.82. The molecule has 1 aliphatic carbocycles. The monoisotopic (exact) mass is 478 g/mol. The van der Waals surface area contributed by atoms with Crippen molar-refractivity contribution in [1.29, 1.82) is 5.41 Å². The van der Waals surface area contributed by atoms with E-state index in [2.05, 4.69) is 15.3 Å². The number of hydrogen-bond acceptors (Lipinski definition) is 9. The Morgan fingerprint density at radius 3 is 2.76 bits per heavy atom. The van der Waals surface area contributed by atoms with Crippen molar-refractivity contribution >= 4 is 55.3 Å². The molecule has 1 saturated carbocycles. The van der Waals surface area contributed by atoms with Gasteiger partial charge in [-0.1, -0.05) is 36.7 Å². The summed E-state index contributed by atoms with van der Waals surface area (Å²) in [5.41, 5.74) is 15.2. The van der Waals surface area contributed by atoms with Gasteiger partial charge in [0.05, 0.1) is 16.3 Å². The molecule has 1 aliphatic rings. The summed E-state index contributed by atoms with van der Waals surface area (Å²) in [7, 11) is 0. The second kappa shape index (κ2) is 10.7. The second-order valence-corrected chi connectivity index (χ2v) is 9.17. The Labute approximate surface area is 202 Å². The van der Waals surface area contributed by atoms with Crippen molar-refractivity contribution in [3.8, 4) is 11.3 Å². The maximum Gasteiger partial charge on any atom is 0.183 e. The predicted molar refractivity (Wildman–Crippen MR) is 141 cm³/mol. The average molecular weight is 479 g/mol. The van der Waals surface area contributed by atoms with E-state index >= 15 is 0 Å². The fraction of sp³-hybridized carbons (Fsp3) is 0.320. The number of nitrogen functional groups attached to an aromatic ring is 1. The first-order valence-corrected chi connectivity index (χ1v) is 12.3. The van der Waals surface area contributed by atoms with Gasteiger partial charge in [-0.2, -0.15) is 0 Å². The number of allylic oxidation sites excluding steroid dienone is 1. The molecule has 8 nitrogen and oxygen atoms in total. The van der Waals surface area contributed by atoms with Gasteiger partial charge in [-0.25, -0.2) is 9.97 Å². The molecular weight excluding hydrogens is 448 g/mol. The molecule has 0 spiro atoms. The number of nitrogens with zero attached hydrogens (tertiary/aromatic N) is 2. The smallest absolute Gasteiger partial charge is 0.183 e. The average Bonchev–Trinajstić information content (AvgIpc) is 3.47. The lowest BCUT2D eigenvalue weighted by Crippen LogP contribution is -2.09. The third kappa shape index (κ3) is 4.90. The number of benzene rings is 1. The molecule has 0 atom stereocenters. The lowest BCUT2D eigenvalue weighted by Gasteiger charge is -2.14. The van der Waals surface area contributed by atoms with E-state index in [1.165, 1.54) is 31.7 Å². The van der Waals surface area contributed by atoms with Crippen LogP contribution in [0.1, 0.15) is 44.6 Å². The highest BCUT2D eigenvalue weighted by molar-refractivity contribution is 7.22. The summed E-state index contributed by atoms with van der Waals surface area (Å²) in [5, 5.41) is 21.4. The Hall–Kier alpha value is -3.43. The summed E-state index contributed by atoms with van der Waals surface area (Å²) >= 11 is 1.58. The van der Waals surface area contributed by atoms with Gasteiger partial charge >= 0.3 is 0 Å². The SMILES string of the molecule is CCNc1nc2cccc(-c3cc4c(/C(C=N)=C/N)cnc(N)c4o3)c2s1.OC1CCCCC1. The standard InChI is InChI=1S/C19H18N6OS.C6H12O/c1-2-23-19-25-14-5-3-4-11(17(14)27-19)15-6-12-13(10(7-20)8-21)9-24-18(22)16(12)26-15;7-6-4-2-1-3-5-6/h3-9,20H,2,21H2,1H3,(H2,22,24)(H,23,25);6-7H,1-5H2/b10-8+,20-7?;. The Kier molecular flexibility index (Phi) is 7.44. The number of aromatic nitrogens is 2. The quantitative estimate of drug-likeness (QED) is 0.242. The number of nitrogens with two attached hydrogens (primary N) is 2. The Bertz CT molecular complexity index is 1320. The molecule has 0 aliphatic heterocycles. The molecule has 1 fully saturated rings. The van der Waals surface area contributed by atoms with Gasteiger partial charge in [0.25, 0.3) is 0 Å². The van der Waals surface area contributed by atoms with Crippen LogP contribution in [0.25, 0.3) is 38.1 Å². The lowest BCUT2D eigenvalue weighted by molar-refractivity contribution is 0.130. The lowest BCUT2D eigenvalue weighted by atomic mass is 9.98. The van der Waals surface area contributed by atoms with E-state index in [1.807, 2.05) is 31.2 Å². The minimum Gasteiger partial charge on any atom is -0.452 e. The number of hydrogen-bond donors (Lipinski definition) is 5. The molecule has 0 saturated heterocycles. The Morgan fingerprint density at radius 2 is 2.12 bits per heavy atom. The maximum absolute atomic E-state index is 8.91. The van der Waals surface area contributed by atoms with E-state index in [-0.39, 0.29) is 6.10 Å². The highest BCUT2D eigenvalue weighted by atomic mass is 32.1. The molecule has 178 valence electrons. The van der Waals surface area contributed by atoms with Crippen LogP contribution >= 0.6 is 11.3 Å². The van der Waals surface area contributed by atoms with Crippen molar-refractivity contribution in [3.05, 3.63) is 42.2 Å². The summed E-state index contributed by atoms with van der Waals surface area (Å²) < 4.78 is 7.10. The largest absolute Gasteiger partial charge is 0.452 e. The normalized spacial score (nSPS) is 14.7. The van der Waals surface area contributed by atoms with Gasteiger partial charge in [0.2, 0.25) is 0 Å². The van der Waals surface area contributed by atoms with Crippen molar-refractivity contribution in [2.24, 2.45) is 5.73 Å². The van der Waals surface area contributed by atoms with E-state index in [4.69, 9.17) is 26.4 Å². The summed E-state index contributed by atoms with van der Waals surface area (Å²) in [6.45, 7) is 2.85. The highest BCUT2D eigenvalue weighted by Crippen LogP contribution is 2.39. The predicted octanol–water partition coefficient (Wildman–Crippen LogP) is 5.38. The Morgan fingerprint density at radius 1 is 1.32 bits per heavy atom. The van der Waals surface area contributed by atoms with Crippen molar-refractivity contribution in [3.63, 3.8) is 0 Å². The van der Waals surface area contributed by atoms with Crippen LogP contribution in [0.4, 0.5) is 10.9 Å². The first-order chi connectivity index (χ1) is 16.5. The number of thiazole rings is 1. The zero-order valence-corrected chi connectivity index (χ0v) is 20.0. The van der Waals surface area contributed by atoms with Crippen LogP contribution < -0.4 is 16.8 Å². The van der Waals surface area contributed by atoms with Gasteiger partial charge < -0.3 is 31.7 Å². The number of nitrogens with one attached hydrogen (secondary N) is 2. The molecule has 0 amide bonds. The van der Waals surface area contributed by atoms with Crippen molar-refractivity contribution in [2.75, 3.05) is 17.6 Å². The molecule has 0 unspecified atom stereocenters. The Balaban J connectivity index is 0.000000336. The first-order valence-electron chi connectivity index (χ1n) is 11.5. The first kappa shape index (κ1) is 23.7. The van der Waals surface area contributed by atoms with E-state index in [1.54, 1.807) is 17.5 Å². The second-order valence-electron chi connectivity index (χ2n) is 8.17. The zero-order valence-electron chi connectivity index (χ0n) is 19.2. The summed E-state index contributed by atoms with van der Waals surface area (Å²) in [6, 6.07) is 7.83. The minimum absolute atomic E-state index is 0.0359. The van der Waals surface area contributed by atoms with Crippen LogP contribution in [0.3, 0.4) is 0 Å². The van der Waals surface area contributed by atoms with E-state index < -0.39 is 0 Å². The van der Waals surface area contributed by atoms with E-state index in [0.717, 1.165) is 45.7 Å². The van der Waals surface area contributed by atoms with Gasteiger partial charge in [0, 0.05) is 47.2 Å². The van der Waals surface area contributed by atoms with Crippen LogP contribution in [0.2, 0.25) is 0 Å². The van der Waals surface area contributed by atoms with Crippen molar-refractivity contribution in [1.82, 2.24) is 9.97 Å². The van der Waals surface area contributed by atoms with Gasteiger partial charge in [0.1, 0.15) is 5.76 Å². The van der Waals surface area contributed by atoms with Crippen LogP contribution in [0, 0.1) is 5.41 Å². The molecular formula is C25H30N6O2S. The van der Waals surface area contributed by atoms with Gasteiger partial charge in [0.15, 0.2) is 16.5 Å². The topological polar surface area (TPSA) is 147 Å². The number of anilines is 2. The van der Waals surface area contributed by atoms with Crippen molar-refractivity contribution in [2.45, 2.75) is 45.1 Å². The molecule has 3 aromatic heterocycles. The summed E-state index contributed by atoms with van der Waals surface area (Å²) in [5.74, 6) is 0.968. The minimum atomic E-state index is 0.0359. The van der Waals surface area contributed by atoms with E-state index in [0.29, 0.717) is 28.3 Å². The van der Waals surface area contributed by atoms with Gasteiger partial charge in [-0.05, 0) is 38.0 Å². The van der Waals surface area contributed by atoms with Crippen LogP contribution in [-0.2, 0) is 0 Å². The molecule has 1 aromatic carbocycles. The number of fused-ring (bicyclic) bond motifs is 2. The van der Waals surface area contributed by atoms with Crippen LogP contribution in [0.5, 0.6) is 0 Å². The number of rotatable bonds is 5. The number of pyridine rings is 1. The number of aliphatic hydroxyl groups excluding tert-OH is 1. The molecule has 34 heavy (non-hydrogen) atoms. The van der Waals surface area contributed by atoms with E-state index in [9.17, 15) is 0 Å². The molecule has 0 radical (unpaired) electrons. The maximum atomic E-state index is 8.91. The van der Waals surface area contributed by atoms with Crippen molar-refractivity contribution < 1.29 is 9.52 Å². The highest BCUT2D eigenvalue weighted by Gasteiger charge is 2.18. The van der Waals surface area contributed by atoms with Gasteiger partial charge in [-0.15, -0.1) is 0 Å². The summed E-state index contributed by atoms with van der Waals surface area (Å²) in [4.78, 5) is 8.79. The molecule has 7 N–H and O–H groups in total. The fourth-order valence-electron chi connectivity index (χ4n) is 4.07. The van der Waals surface area contributed by atoms with Crippen LogP contribution in [0.15, 0.2) is 41.1 Å². The third-order valence-corrected chi connectivity index (χ3v) is 6.88. The van der Waals surface area contributed by atoms with Gasteiger partial charge in [-0.3, -0.25) is 0 Å². The fourth-order valence-corrected chi connectivity index (χ4v) is 5.12. The number of aliphatic hydroxyl groups is 1. The molecule has 3 heterocycles.